The average molecular weight is 262 g/mol. The predicted molar refractivity (Wildman–Crippen MR) is 75.1 cm³/mol. The molecule has 1 aromatic carbocycles. The average Bonchev–Trinajstić information content (AvgIpc) is 2.41. The fourth-order valence-electron chi connectivity index (χ4n) is 3.26. The number of aliphatic carboxylic acids is 1. The molecule has 0 atom stereocenters. The molecule has 0 spiro atoms. The van der Waals surface area contributed by atoms with Crippen molar-refractivity contribution in [1.29, 1.82) is 0 Å². The van der Waals surface area contributed by atoms with Crippen molar-refractivity contribution in [3.63, 3.8) is 0 Å². The third-order valence-corrected chi connectivity index (χ3v) is 4.23. The maximum atomic E-state index is 10.8. The van der Waals surface area contributed by atoms with Crippen LogP contribution >= 0.6 is 0 Å². The Kier molecular flexibility index (Phi) is 4.13. The van der Waals surface area contributed by atoms with Crippen molar-refractivity contribution in [3.8, 4) is 5.75 Å². The van der Waals surface area contributed by atoms with Gasteiger partial charge in [-0.3, -0.25) is 4.79 Å². The first-order valence-corrected chi connectivity index (χ1v) is 6.95. The summed E-state index contributed by atoms with van der Waals surface area (Å²) in [6.07, 6.45) is 5.43. The number of ether oxygens (including phenoxy) is 1. The molecule has 104 valence electrons. The molecule has 2 rings (SSSR count). The highest BCUT2D eigenvalue weighted by Gasteiger charge is 2.22. The van der Waals surface area contributed by atoms with Gasteiger partial charge in [0.25, 0.3) is 0 Å². The molecule has 0 unspecified atom stereocenters. The van der Waals surface area contributed by atoms with Crippen LogP contribution in [0.2, 0.25) is 0 Å². The smallest absolute Gasteiger partial charge is 0.303 e. The third kappa shape index (κ3) is 2.60. The molecule has 3 heteroatoms. The zero-order valence-corrected chi connectivity index (χ0v) is 12.0. The van der Waals surface area contributed by atoms with Crippen LogP contribution < -0.4 is 4.74 Å². The van der Waals surface area contributed by atoms with E-state index in [1.807, 2.05) is 0 Å². The summed E-state index contributed by atoms with van der Waals surface area (Å²) in [5.74, 6) is 0.149. The summed E-state index contributed by atoms with van der Waals surface area (Å²) in [5, 5.41) is 8.90. The molecule has 0 saturated carbocycles. The van der Waals surface area contributed by atoms with Gasteiger partial charge < -0.3 is 9.84 Å². The van der Waals surface area contributed by atoms with Crippen molar-refractivity contribution in [1.82, 2.24) is 0 Å². The Morgan fingerprint density at radius 3 is 2.26 bits per heavy atom. The Labute approximate surface area is 114 Å². The Bertz CT molecular complexity index is 503. The van der Waals surface area contributed by atoms with E-state index in [-0.39, 0.29) is 6.42 Å². The number of methoxy groups -OCH3 is 1. The minimum atomic E-state index is -0.753. The predicted octanol–water partition coefficient (Wildman–Crippen LogP) is 3.21. The Morgan fingerprint density at radius 2 is 1.74 bits per heavy atom. The van der Waals surface area contributed by atoms with E-state index in [4.69, 9.17) is 9.84 Å². The number of rotatable bonds is 4. The lowest BCUT2D eigenvalue weighted by Crippen LogP contribution is -2.12. The van der Waals surface area contributed by atoms with Crippen LogP contribution in [0.1, 0.15) is 47.1 Å². The SMILES string of the molecule is COc1c(C)c2c(c(C)c1CCC(=O)O)CCCC2. The van der Waals surface area contributed by atoms with Gasteiger partial charge in [0.15, 0.2) is 0 Å². The highest BCUT2D eigenvalue weighted by molar-refractivity contribution is 5.68. The van der Waals surface area contributed by atoms with E-state index in [2.05, 4.69) is 13.8 Å². The van der Waals surface area contributed by atoms with E-state index in [0.717, 1.165) is 24.2 Å². The minimum Gasteiger partial charge on any atom is -0.496 e. The van der Waals surface area contributed by atoms with Crippen molar-refractivity contribution >= 4 is 5.97 Å². The first-order chi connectivity index (χ1) is 9.06. The van der Waals surface area contributed by atoms with Crippen molar-refractivity contribution < 1.29 is 14.6 Å². The molecule has 1 aliphatic rings. The van der Waals surface area contributed by atoms with Gasteiger partial charge in [0.2, 0.25) is 0 Å². The van der Waals surface area contributed by atoms with E-state index in [1.54, 1.807) is 7.11 Å². The maximum Gasteiger partial charge on any atom is 0.303 e. The van der Waals surface area contributed by atoms with Gasteiger partial charge in [0.1, 0.15) is 5.75 Å². The minimum absolute atomic E-state index is 0.162. The third-order valence-electron chi connectivity index (χ3n) is 4.23. The molecule has 3 nitrogen and oxygen atoms in total. The molecule has 1 aromatic rings. The quantitative estimate of drug-likeness (QED) is 0.906. The van der Waals surface area contributed by atoms with Gasteiger partial charge in [-0.05, 0) is 73.8 Å². The number of hydrogen-bond donors (Lipinski definition) is 1. The number of carbonyl (C=O) groups is 1. The highest BCUT2D eigenvalue weighted by Crippen LogP contribution is 2.37. The van der Waals surface area contributed by atoms with Gasteiger partial charge in [-0.15, -0.1) is 0 Å². The highest BCUT2D eigenvalue weighted by atomic mass is 16.5. The van der Waals surface area contributed by atoms with Gasteiger partial charge in [0, 0.05) is 6.42 Å². The molecule has 19 heavy (non-hydrogen) atoms. The molecule has 0 aliphatic heterocycles. The van der Waals surface area contributed by atoms with Crippen LogP contribution in [0, 0.1) is 13.8 Å². The van der Waals surface area contributed by atoms with E-state index >= 15 is 0 Å². The van der Waals surface area contributed by atoms with E-state index in [1.165, 1.54) is 35.1 Å². The molecular weight excluding hydrogens is 240 g/mol. The topological polar surface area (TPSA) is 46.5 Å². The Morgan fingerprint density at radius 1 is 1.16 bits per heavy atom. The van der Waals surface area contributed by atoms with Gasteiger partial charge in [0.05, 0.1) is 7.11 Å². The van der Waals surface area contributed by atoms with E-state index < -0.39 is 5.97 Å². The lowest BCUT2D eigenvalue weighted by atomic mass is 9.82. The molecule has 0 radical (unpaired) electrons. The normalized spacial score (nSPS) is 14.1. The Hall–Kier alpha value is -1.51. The molecule has 0 fully saturated rings. The van der Waals surface area contributed by atoms with Crippen molar-refractivity contribution in [2.45, 2.75) is 52.4 Å². The van der Waals surface area contributed by atoms with Crippen LogP contribution in [0.4, 0.5) is 0 Å². The Balaban J connectivity index is 2.51. The molecule has 0 aromatic heterocycles. The van der Waals surface area contributed by atoms with E-state index in [9.17, 15) is 4.79 Å². The number of carboxylic acids is 1. The molecule has 0 amide bonds. The fourth-order valence-corrected chi connectivity index (χ4v) is 3.26. The largest absolute Gasteiger partial charge is 0.496 e. The van der Waals surface area contributed by atoms with Crippen LogP contribution in [0.15, 0.2) is 0 Å². The lowest BCUT2D eigenvalue weighted by Gasteiger charge is -2.25. The molecule has 0 heterocycles. The molecule has 1 N–H and O–H groups in total. The molecule has 1 aliphatic carbocycles. The van der Waals surface area contributed by atoms with Gasteiger partial charge >= 0.3 is 5.97 Å². The number of carboxylic acid groups (broad SMARTS) is 1. The van der Waals surface area contributed by atoms with Crippen molar-refractivity contribution in [3.05, 3.63) is 27.8 Å². The first-order valence-electron chi connectivity index (χ1n) is 6.95. The first kappa shape index (κ1) is 13.9. The fraction of sp³-hybridized carbons (Fsp3) is 0.562. The van der Waals surface area contributed by atoms with Crippen LogP contribution in [0.5, 0.6) is 5.75 Å². The summed E-state index contributed by atoms with van der Waals surface area (Å²) in [6, 6.07) is 0. The van der Waals surface area contributed by atoms with Gasteiger partial charge in [-0.25, -0.2) is 0 Å². The zero-order chi connectivity index (χ0) is 14.0. The maximum absolute atomic E-state index is 10.8. The van der Waals surface area contributed by atoms with Crippen LogP contribution in [-0.2, 0) is 24.1 Å². The summed E-state index contributed by atoms with van der Waals surface area (Å²) in [7, 11) is 1.68. The van der Waals surface area contributed by atoms with Crippen LogP contribution in [-0.4, -0.2) is 18.2 Å². The second-order valence-corrected chi connectivity index (χ2v) is 5.32. The standard InChI is InChI=1S/C16H22O3/c1-10-12-6-4-5-7-13(12)11(2)16(19-3)14(10)8-9-15(17)18/h4-9H2,1-3H3,(H,17,18). The van der Waals surface area contributed by atoms with Crippen molar-refractivity contribution in [2.24, 2.45) is 0 Å². The van der Waals surface area contributed by atoms with Crippen LogP contribution in [0.25, 0.3) is 0 Å². The number of fused-ring (bicyclic) bond motifs is 1. The zero-order valence-electron chi connectivity index (χ0n) is 12.0. The second kappa shape index (κ2) is 5.64. The molecular formula is C16H22O3. The van der Waals surface area contributed by atoms with Crippen LogP contribution in [0.3, 0.4) is 0 Å². The van der Waals surface area contributed by atoms with Gasteiger partial charge in [-0.1, -0.05) is 0 Å². The summed E-state index contributed by atoms with van der Waals surface area (Å²) >= 11 is 0. The van der Waals surface area contributed by atoms with Gasteiger partial charge in [-0.2, -0.15) is 0 Å². The number of hydrogen-bond acceptors (Lipinski definition) is 2. The summed E-state index contributed by atoms with van der Waals surface area (Å²) < 4.78 is 5.56. The molecule has 0 bridgehead atoms. The molecule has 0 saturated heterocycles. The summed E-state index contributed by atoms with van der Waals surface area (Å²) in [6.45, 7) is 4.22. The monoisotopic (exact) mass is 262 g/mol. The van der Waals surface area contributed by atoms with E-state index in [0.29, 0.717) is 6.42 Å². The lowest BCUT2D eigenvalue weighted by molar-refractivity contribution is -0.136. The van der Waals surface area contributed by atoms with Crippen molar-refractivity contribution in [2.75, 3.05) is 7.11 Å². The summed E-state index contributed by atoms with van der Waals surface area (Å²) in [5.41, 5.74) is 6.41. The second-order valence-electron chi connectivity index (χ2n) is 5.32. The summed E-state index contributed by atoms with van der Waals surface area (Å²) in [4.78, 5) is 10.8. The number of benzene rings is 1.